The van der Waals surface area contributed by atoms with E-state index in [1.165, 1.54) is 0 Å². The Bertz CT molecular complexity index is 1380. The fourth-order valence-electron chi connectivity index (χ4n) is 4.58. The summed E-state index contributed by atoms with van der Waals surface area (Å²) in [5, 5.41) is 24.0. The van der Waals surface area contributed by atoms with Crippen LogP contribution in [0, 0.1) is 10.1 Å². The van der Waals surface area contributed by atoms with Crippen molar-refractivity contribution in [3.63, 3.8) is 0 Å². The summed E-state index contributed by atoms with van der Waals surface area (Å²) in [6, 6.07) is 8.76. The molecule has 32 heavy (non-hydrogen) atoms. The van der Waals surface area contributed by atoms with E-state index in [1.54, 1.807) is 44.2 Å². The van der Waals surface area contributed by atoms with Crippen LogP contribution in [0.5, 0.6) is 5.75 Å². The van der Waals surface area contributed by atoms with Crippen LogP contribution in [0.4, 0.5) is 0 Å². The van der Waals surface area contributed by atoms with Crippen molar-refractivity contribution in [2.75, 3.05) is 6.61 Å². The number of aliphatic hydroxyl groups is 1. The molecule has 164 valence electrons. The number of pyridine rings is 2. The van der Waals surface area contributed by atoms with Gasteiger partial charge >= 0.3 is 12.1 Å². The number of nitro groups is 1. The average molecular weight is 437 g/mol. The van der Waals surface area contributed by atoms with Crippen LogP contribution in [-0.4, -0.2) is 32.2 Å². The van der Waals surface area contributed by atoms with Crippen LogP contribution in [0.15, 0.2) is 35.1 Å². The molecule has 0 spiro atoms. The fourth-order valence-corrected chi connectivity index (χ4v) is 4.58. The summed E-state index contributed by atoms with van der Waals surface area (Å²) < 4.78 is 12.0. The molecular weight excluding hydrogens is 418 g/mol. The van der Waals surface area contributed by atoms with Gasteiger partial charge in [-0.3, -0.25) is 14.9 Å². The molecule has 2 aromatic heterocycles. The van der Waals surface area contributed by atoms with Gasteiger partial charge in [-0.25, -0.2) is 14.3 Å². The first-order chi connectivity index (χ1) is 15.3. The second-order valence-corrected chi connectivity index (χ2v) is 7.71. The number of rotatable bonds is 4. The second kappa shape index (κ2) is 6.86. The van der Waals surface area contributed by atoms with Crippen LogP contribution < -0.4 is 10.3 Å². The number of hydrogen-bond donors (Lipinski definition) is 1. The summed E-state index contributed by atoms with van der Waals surface area (Å²) in [6.45, 7) is 3.01. The third kappa shape index (κ3) is 2.46. The molecule has 0 saturated carbocycles. The number of carbonyl (C=O) groups is 1. The van der Waals surface area contributed by atoms with Crippen molar-refractivity contribution in [2.24, 2.45) is 0 Å². The van der Waals surface area contributed by atoms with Gasteiger partial charge in [0.15, 0.2) is 11.4 Å². The van der Waals surface area contributed by atoms with Gasteiger partial charge < -0.3 is 14.6 Å². The number of nitrogens with zero attached hydrogens (tertiary/aromatic N) is 3. The highest BCUT2D eigenvalue weighted by Gasteiger charge is 2.51. The molecule has 5 rings (SSSR count). The van der Waals surface area contributed by atoms with Crippen LogP contribution in [0.2, 0.25) is 0 Å². The number of ether oxygens (including phenoxy) is 2. The van der Waals surface area contributed by atoms with Gasteiger partial charge in [0, 0.05) is 5.39 Å². The molecule has 0 radical (unpaired) electrons. The van der Waals surface area contributed by atoms with Crippen molar-refractivity contribution in [1.29, 1.82) is 0 Å². The molecule has 10 nitrogen and oxygen atoms in total. The smallest absolute Gasteiger partial charge is 0.343 e. The van der Waals surface area contributed by atoms with E-state index < -0.39 is 34.8 Å². The zero-order valence-electron chi connectivity index (χ0n) is 17.3. The van der Waals surface area contributed by atoms with Crippen LogP contribution in [0.25, 0.3) is 22.3 Å². The van der Waals surface area contributed by atoms with Crippen LogP contribution in [0.3, 0.4) is 0 Å². The largest absolute Gasteiger partial charge is 0.491 e. The van der Waals surface area contributed by atoms with E-state index in [0.717, 1.165) is 4.57 Å². The lowest BCUT2D eigenvalue weighted by Crippen LogP contribution is -2.45. The van der Waals surface area contributed by atoms with Gasteiger partial charge in [-0.2, -0.15) is 0 Å². The Hall–Kier alpha value is -3.79. The maximum atomic E-state index is 13.5. The first-order valence-corrected chi connectivity index (χ1v) is 10.2. The molecule has 0 fully saturated rings. The zero-order valence-corrected chi connectivity index (χ0v) is 17.3. The summed E-state index contributed by atoms with van der Waals surface area (Å²) in [7, 11) is 0. The number of hydrogen-bond acceptors (Lipinski definition) is 8. The van der Waals surface area contributed by atoms with Gasteiger partial charge in [-0.15, -0.1) is 0 Å². The lowest BCUT2D eigenvalue weighted by atomic mass is 9.85. The van der Waals surface area contributed by atoms with Crippen molar-refractivity contribution in [1.82, 2.24) is 9.55 Å². The lowest BCUT2D eigenvalue weighted by molar-refractivity contribution is -0.534. The van der Waals surface area contributed by atoms with E-state index >= 15 is 0 Å². The highest BCUT2D eigenvalue weighted by Crippen LogP contribution is 2.49. The van der Waals surface area contributed by atoms with Gasteiger partial charge in [0.25, 0.3) is 5.56 Å². The van der Waals surface area contributed by atoms with Gasteiger partial charge in [-0.1, -0.05) is 25.1 Å². The summed E-state index contributed by atoms with van der Waals surface area (Å²) in [5.74, 6) is -0.857. The molecule has 3 aromatic rings. The third-order valence-corrected chi connectivity index (χ3v) is 6.06. The molecule has 1 N–H and O–H groups in total. The van der Waals surface area contributed by atoms with Crippen LogP contribution in [0.1, 0.15) is 43.1 Å². The molecule has 2 aliphatic heterocycles. The normalized spacial score (nSPS) is 21.0. The molecular formula is C22H19N3O7. The molecule has 1 unspecified atom stereocenters. The topological polar surface area (TPSA) is 134 Å². The summed E-state index contributed by atoms with van der Waals surface area (Å²) in [4.78, 5) is 42.2. The van der Waals surface area contributed by atoms with Gasteiger partial charge in [0.2, 0.25) is 0 Å². The number of esters is 1. The Labute approximate surface area is 181 Å². The highest BCUT2D eigenvalue weighted by atomic mass is 16.6. The Morgan fingerprint density at radius 3 is 2.78 bits per heavy atom. The van der Waals surface area contributed by atoms with Crippen molar-refractivity contribution in [3.05, 3.63) is 67.5 Å². The maximum absolute atomic E-state index is 13.5. The maximum Gasteiger partial charge on any atom is 0.343 e. The standard InChI is InChI=1S/C22H19N3O7/c1-3-22(28)15-13(10-32-21(22)27)20(26)24-17(18(15)31-4-2)16-12(19(24)25(29)30)9-11-7-5-6-8-14(11)23-16/h5-9,19,28H,3-4,10H2,1-2H3/t19?,22-/m0/s1. The molecule has 10 heteroatoms. The van der Waals surface area contributed by atoms with E-state index in [1.807, 2.05) is 0 Å². The van der Waals surface area contributed by atoms with Crippen molar-refractivity contribution in [3.8, 4) is 17.1 Å². The first kappa shape index (κ1) is 20.1. The number of aromatic nitrogens is 2. The molecule has 1 aromatic carbocycles. The zero-order chi connectivity index (χ0) is 22.8. The minimum atomic E-state index is -2.11. The predicted molar refractivity (Wildman–Crippen MR) is 112 cm³/mol. The molecule has 0 saturated heterocycles. The number of benzene rings is 1. The summed E-state index contributed by atoms with van der Waals surface area (Å²) >= 11 is 0. The Balaban J connectivity index is 1.97. The van der Waals surface area contributed by atoms with Gasteiger partial charge in [-0.05, 0) is 25.5 Å². The number of cyclic esters (lactones) is 1. The van der Waals surface area contributed by atoms with Crippen LogP contribution in [-0.2, 0) is 21.7 Å². The average Bonchev–Trinajstić information content (AvgIpc) is 3.11. The number of fused-ring (bicyclic) bond motifs is 5. The van der Waals surface area contributed by atoms with E-state index in [0.29, 0.717) is 10.9 Å². The van der Waals surface area contributed by atoms with E-state index in [9.17, 15) is 24.8 Å². The van der Waals surface area contributed by atoms with Crippen LogP contribution >= 0.6 is 0 Å². The van der Waals surface area contributed by atoms with E-state index in [-0.39, 0.29) is 46.9 Å². The molecule has 0 bridgehead atoms. The molecule has 4 heterocycles. The summed E-state index contributed by atoms with van der Waals surface area (Å²) in [6.07, 6.45) is -1.60. The van der Waals surface area contributed by atoms with Gasteiger partial charge in [0.1, 0.15) is 18.0 Å². The second-order valence-electron chi connectivity index (χ2n) is 7.71. The Kier molecular flexibility index (Phi) is 4.31. The van der Waals surface area contributed by atoms with E-state index in [4.69, 9.17) is 9.47 Å². The fraction of sp³-hybridized carbons (Fsp3) is 0.318. The lowest BCUT2D eigenvalue weighted by Gasteiger charge is -2.33. The molecule has 0 amide bonds. The summed E-state index contributed by atoms with van der Waals surface area (Å²) in [5.41, 5.74) is -1.76. The highest BCUT2D eigenvalue weighted by molar-refractivity contribution is 5.89. The minimum absolute atomic E-state index is 0.000688. The predicted octanol–water partition coefficient (Wildman–Crippen LogP) is 2.25. The van der Waals surface area contributed by atoms with Crippen molar-refractivity contribution >= 4 is 16.9 Å². The first-order valence-electron chi connectivity index (χ1n) is 10.2. The third-order valence-electron chi connectivity index (χ3n) is 6.06. The minimum Gasteiger partial charge on any atom is -0.491 e. The van der Waals surface area contributed by atoms with Gasteiger partial charge in [0.05, 0.1) is 33.7 Å². The SMILES string of the molecule is CCOc1c2c(c(=O)n3c1-c1nc4ccccc4cc1C3[N+](=O)[O-])COC(=O)[C@]2(O)CC. The molecule has 2 aliphatic rings. The molecule has 0 aliphatic carbocycles. The number of carbonyl (C=O) groups excluding carboxylic acids is 1. The van der Waals surface area contributed by atoms with Crippen molar-refractivity contribution < 1.29 is 24.3 Å². The number of para-hydroxylation sites is 1. The Morgan fingerprint density at radius 1 is 1.34 bits per heavy atom. The quantitative estimate of drug-likeness (QED) is 0.373. The Morgan fingerprint density at radius 2 is 2.09 bits per heavy atom. The van der Waals surface area contributed by atoms with E-state index in [2.05, 4.69) is 4.98 Å². The molecule has 2 atom stereocenters. The monoisotopic (exact) mass is 437 g/mol. The van der Waals surface area contributed by atoms with Crippen molar-refractivity contribution in [2.45, 2.75) is 38.6 Å².